The summed E-state index contributed by atoms with van der Waals surface area (Å²) in [5.41, 5.74) is 6.29. The number of carbonyl (C=O) groups excluding carboxylic acids is 1. The largest absolute Gasteiger partial charge is 0.340 e. The van der Waals surface area contributed by atoms with Gasteiger partial charge in [0, 0.05) is 24.4 Å². The molecule has 1 saturated heterocycles. The van der Waals surface area contributed by atoms with Crippen LogP contribution in [-0.4, -0.2) is 34.4 Å². The molecule has 1 aliphatic rings. The molecule has 1 aromatic heterocycles. The fourth-order valence-electron chi connectivity index (χ4n) is 2.44. The predicted octanol–water partition coefficient (Wildman–Crippen LogP) is 2.15. The summed E-state index contributed by atoms with van der Waals surface area (Å²) >= 11 is 1.72. The summed E-state index contributed by atoms with van der Waals surface area (Å²) in [4.78, 5) is 18.8. The molecule has 1 fully saturated rings. The minimum absolute atomic E-state index is 0.0458. The van der Waals surface area contributed by atoms with Crippen LogP contribution < -0.4 is 5.73 Å². The van der Waals surface area contributed by atoms with Crippen LogP contribution in [0.3, 0.4) is 0 Å². The lowest BCUT2D eigenvalue weighted by molar-refractivity contribution is -0.137. The minimum atomic E-state index is -0.778. The Balaban J connectivity index is 2.07. The molecule has 1 atom stereocenters. The molecule has 1 amide bonds. The van der Waals surface area contributed by atoms with Crippen molar-refractivity contribution in [2.75, 3.05) is 13.1 Å². The molecule has 2 rings (SSSR count). The Bertz CT molecular complexity index is 450. The number of aryl methyl sites for hydroxylation is 1. The van der Waals surface area contributed by atoms with Gasteiger partial charge in [0.2, 0.25) is 5.91 Å². The maximum atomic E-state index is 12.2. The van der Waals surface area contributed by atoms with Crippen LogP contribution >= 0.6 is 11.3 Å². The minimum Gasteiger partial charge on any atom is -0.340 e. The monoisotopic (exact) mass is 281 g/mol. The SMILES string of the molecule is CCc1csc(C2CCCN(C(=O)C(C)(C)N)C2)n1. The molecule has 0 radical (unpaired) electrons. The van der Waals surface area contributed by atoms with Crippen molar-refractivity contribution in [3.05, 3.63) is 16.1 Å². The molecule has 2 heterocycles. The third-order valence-electron chi connectivity index (χ3n) is 3.54. The van der Waals surface area contributed by atoms with Gasteiger partial charge in [0.1, 0.15) is 0 Å². The van der Waals surface area contributed by atoms with E-state index in [1.807, 2.05) is 4.90 Å². The number of nitrogens with two attached hydrogens (primary N) is 1. The van der Waals surface area contributed by atoms with Crippen molar-refractivity contribution in [1.29, 1.82) is 0 Å². The molecule has 19 heavy (non-hydrogen) atoms. The zero-order chi connectivity index (χ0) is 14.0. The van der Waals surface area contributed by atoms with Crippen LogP contribution in [0, 0.1) is 0 Å². The molecule has 0 aliphatic carbocycles. The molecule has 0 aromatic carbocycles. The Kier molecular flexibility index (Phi) is 4.26. The van der Waals surface area contributed by atoms with E-state index < -0.39 is 5.54 Å². The van der Waals surface area contributed by atoms with E-state index in [1.165, 1.54) is 5.01 Å². The number of nitrogens with zero attached hydrogens (tertiary/aromatic N) is 2. The number of likely N-dealkylation sites (tertiary alicyclic amines) is 1. The highest BCUT2D eigenvalue weighted by atomic mass is 32.1. The van der Waals surface area contributed by atoms with Gasteiger partial charge in [0.05, 0.1) is 16.2 Å². The first-order chi connectivity index (χ1) is 8.91. The highest BCUT2D eigenvalue weighted by Gasteiger charge is 2.32. The molecule has 106 valence electrons. The molecule has 2 N–H and O–H groups in total. The van der Waals surface area contributed by atoms with Crippen LogP contribution in [0.5, 0.6) is 0 Å². The Labute approximate surface area is 119 Å². The van der Waals surface area contributed by atoms with Crippen LogP contribution in [0.25, 0.3) is 0 Å². The smallest absolute Gasteiger partial charge is 0.242 e. The molecule has 0 spiro atoms. The van der Waals surface area contributed by atoms with Crippen LogP contribution in [-0.2, 0) is 11.2 Å². The number of piperidine rings is 1. The summed E-state index contributed by atoms with van der Waals surface area (Å²) in [6.45, 7) is 7.25. The standard InChI is InChI=1S/C14H23N3OS/c1-4-11-9-19-12(16-11)10-6-5-7-17(8-10)13(18)14(2,3)15/h9-10H,4-8,15H2,1-3H3. The second-order valence-corrected chi connectivity index (χ2v) is 6.73. The number of amides is 1. The van der Waals surface area contributed by atoms with Gasteiger partial charge in [-0.05, 0) is 33.1 Å². The first-order valence-corrected chi connectivity index (χ1v) is 7.82. The van der Waals surface area contributed by atoms with E-state index in [-0.39, 0.29) is 5.91 Å². The van der Waals surface area contributed by atoms with Gasteiger partial charge in [-0.3, -0.25) is 4.79 Å². The topological polar surface area (TPSA) is 59.2 Å². The zero-order valence-corrected chi connectivity index (χ0v) is 12.8. The average molecular weight is 281 g/mol. The Morgan fingerprint density at radius 2 is 2.37 bits per heavy atom. The number of hydrogen-bond donors (Lipinski definition) is 1. The summed E-state index contributed by atoms with van der Waals surface area (Å²) in [6.07, 6.45) is 3.13. The first-order valence-electron chi connectivity index (χ1n) is 6.94. The Morgan fingerprint density at radius 1 is 1.63 bits per heavy atom. The summed E-state index contributed by atoms with van der Waals surface area (Å²) in [5.74, 6) is 0.426. The van der Waals surface area contributed by atoms with Gasteiger partial charge in [0.25, 0.3) is 0 Å². The Morgan fingerprint density at radius 3 is 2.95 bits per heavy atom. The summed E-state index contributed by atoms with van der Waals surface area (Å²) in [7, 11) is 0. The van der Waals surface area contributed by atoms with Crippen molar-refractivity contribution in [3.8, 4) is 0 Å². The van der Waals surface area contributed by atoms with Gasteiger partial charge in [0.15, 0.2) is 0 Å². The van der Waals surface area contributed by atoms with E-state index in [1.54, 1.807) is 25.2 Å². The van der Waals surface area contributed by atoms with E-state index in [0.717, 1.165) is 38.0 Å². The van der Waals surface area contributed by atoms with Gasteiger partial charge < -0.3 is 10.6 Å². The number of carbonyl (C=O) groups is 1. The third-order valence-corrected chi connectivity index (χ3v) is 4.60. The zero-order valence-electron chi connectivity index (χ0n) is 12.0. The van der Waals surface area contributed by atoms with Crippen LogP contribution in [0.1, 0.15) is 50.2 Å². The van der Waals surface area contributed by atoms with E-state index in [4.69, 9.17) is 5.73 Å². The molecule has 1 unspecified atom stereocenters. The Hall–Kier alpha value is -0.940. The van der Waals surface area contributed by atoms with E-state index >= 15 is 0 Å². The quantitative estimate of drug-likeness (QED) is 0.923. The fraction of sp³-hybridized carbons (Fsp3) is 0.714. The lowest BCUT2D eigenvalue weighted by atomic mass is 9.96. The highest BCUT2D eigenvalue weighted by molar-refractivity contribution is 7.09. The van der Waals surface area contributed by atoms with Gasteiger partial charge >= 0.3 is 0 Å². The van der Waals surface area contributed by atoms with Crippen molar-refractivity contribution < 1.29 is 4.79 Å². The van der Waals surface area contributed by atoms with Crippen LogP contribution in [0.4, 0.5) is 0 Å². The van der Waals surface area contributed by atoms with Gasteiger partial charge in [-0.25, -0.2) is 4.98 Å². The molecule has 1 aliphatic heterocycles. The molecule has 0 bridgehead atoms. The first kappa shape index (κ1) is 14.5. The van der Waals surface area contributed by atoms with Crippen molar-refractivity contribution in [2.24, 2.45) is 5.73 Å². The molecule has 0 saturated carbocycles. The van der Waals surface area contributed by atoms with E-state index in [0.29, 0.717) is 5.92 Å². The molecular weight excluding hydrogens is 258 g/mol. The summed E-state index contributed by atoms with van der Waals surface area (Å²) in [6, 6.07) is 0. The van der Waals surface area contributed by atoms with E-state index in [9.17, 15) is 4.79 Å². The van der Waals surface area contributed by atoms with E-state index in [2.05, 4.69) is 17.3 Å². The van der Waals surface area contributed by atoms with Crippen LogP contribution in [0.15, 0.2) is 5.38 Å². The second kappa shape index (κ2) is 5.59. The van der Waals surface area contributed by atoms with Crippen LogP contribution in [0.2, 0.25) is 0 Å². The maximum absolute atomic E-state index is 12.2. The second-order valence-electron chi connectivity index (χ2n) is 5.84. The van der Waals surface area contributed by atoms with Crippen molar-refractivity contribution >= 4 is 17.2 Å². The van der Waals surface area contributed by atoms with Gasteiger partial charge in [-0.1, -0.05) is 6.92 Å². The molecule has 4 nitrogen and oxygen atoms in total. The molecule has 1 aromatic rings. The third kappa shape index (κ3) is 3.34. The summed E-state index contributed by atoms with van der Waals surface area (Å²) in [5, 5.41) is 3.30. The van der Waals surface area contributed by atoms with Gasteiger partial charge in [-0.2, -0.15) is 0 Å². The maximum Gasteiger partial charge on any atom is 0.242 e. The highest BCUT2D eigenvalue weighted by Crippen LogP contribution is 2.30. The van der Waals surface area contributed by atoms with Crippen molar-refractivity contribution in [3.63, 3.8) is 0 Å². The van der Waals surface area contributed by atoms with Crippen molar-refractivity contribution in [2.45, 2.75) is 51.5 Å². The molecule has 5 heteroatoms. The molecular formula is C14H23N3OS. The van der Waals surface area contributed by atoms with Crippen molar-refractivity contribution in [1.82, 2.24) is 9.88 Å². The normalized spacial score (nSPS) is 20.6. The number of aromatic nitrogens is 1. The number of thiazole rings is 1. The number of rotatable bonds is 3. The predicted molar refractivity (Wildman–Crippen MR) is 78.3 cm³/mol. The fourth-order valence-corrected chi connectivity index (χ4v) is 3.47. The van der Waals surface area contributed by atoms with Gasteiger partial charge in [-0.15, -0.1) is 11.3 Å². The average Bonchev–Trinajstić information content (AvgIpc) is 2.85. The lowest BCUT2D eigenvalue weighted by Crippen LogP contribution is -2.53. The number of hydrogen-bond acceptors (Lipinski definition) is 4. The summed E-state index contributed by atoms with van der Waals surface area (Å²) < 4.78 is 0. The lowest BCUT2D eigenvalue weighted by Gasteiger charge is -2.35.